The van der Waals surface area contributed by atoms with Gasteiger partial charge in [-0.2, -0.15) is 26.3 Å². The Kier molecular flexibility index (Phi) is 5.73. The summed E-state index contributed by atoms with van der Waals surface area (Å²) in [4.78, 5) is 17.8. The average molecular weight is 393 g/mol. The van der Waals surface area contributed by atoms with Crippen LogP contribution < -0.4 is 5.32 Å². The summed E-state index contributed by atoms with van der Waals surface area (Å²) in [5, 5.41) is 12.2. The van der Waals surface area contributed by atoms with E-state index in [0.717, 1.165) is 12.1 Å². The topological polar surface area (TPSA) is 75.1 Å². The van der Waals surface area contributed by atoms with Crippen LogP contribution in [0.3, 0.4) is 0 Å². The third kappa shape index (κ3) is 4.73. The Hall–Kier alpha value is -2.69. The summed E-state index contributed by atoms with van der Waals surface area (Å²) in [6.07, 6.45) is -9.46. The maximum Gasteiger partial charge on any atom is 0.451 e. The van der Waals surface area contributed by atoms with Crippen LogP contribution in [0.1, 0.15) is 28.2 Å². The first kappa shape index (κ1) is 20.6. The third-order valence-corrected chi connectivity index (χ3v) is 3.66. The van der Waals surface area contributed by atoms with Crippen LogP contribution in [0.25, 0.3) is 0 Å². The standard InChI is InChI=1S/C16H13F6N3O2/c17-15(18,19)13-24-8-10(9-25-13)12(26)23-7-6-14(27,16(20,21)22)11-4-2-1-3-5-11/h1-5,8-9,27H,6-7H2,(H,23,26)/t14-/m1/s1. The molecule has 0 saturated carbocycles. The van der Waals surface area contributed by atoms with Crippen molar-refractivity contribution in [3.05, 3.63) is 59.7 Å². The summed E-state index contributed by atoms with van der Waals surface area (Å²) in [6, 6.07) is 6.32. The van der Waals surface area contributed by atoms with E-state index in [-0.39, 0.29) is 5.56 Å². The van der Waals surface area contributed by atoms with Crippen LogP contribution in [0.5, 0.6) is 0 Å². The number of amides is 1. The lowest BCUT2D eigenvalue weighted by atomic mass is 9.89. The molecule has 0 aliphatic carbocycles. The predicted octanol–water partition coefficient (Wildman–Crippen LogP) is 3.07. The largest absolute Gasteiger partial charge is 0.451 e. The highest BCUT2D eigenvalue weighted by molar-refractivity contribution is 5.93. The molecule has 0 radical (unpaired) electrons. The second-order valence-corrected chi connectivity index (χ2v) is 5.52. The number of hydrogen-bond donors (Lipinski definition) is 2. The van der Waals surface area contributed by atoms with E-state index >= 15 is 0 Å². The van der Waals surface area contributed by atoms with Gasteiger partial charge in [-0.15, -0.1) is 0 Å². The SMILES string of the molecule is O=C(NCC[C@@](O)(c1ccccc1)C(F)(F)F)c1cnc(C(F)(F)F)nc1. The van der Waals surface area contributed by atoms with E-state index in [0.29, 0.717) is 12.4 Å². The first-order valence-corrected chi connectivity index (χ1v) is 7.47. The second kappa shape index (κ2) is 7.51. The lowest BCUT2D eigenvalue weighted by Gasteiger charge is -2.31. The lowest BCUT2D eigenvalue weighted by Crippen LogP contribution is -2.45. The van der Waals surface area contributed by atoms with Crippen molar-refractivity contribution in [2.45, 2.75) is 24.4 Å². The molecule has 0 aliphatic heterocycles. The minimum Gasteiger partial charge on any atom is -0.376 e. The van der Waals surface area contributed by atoms with Crippen molar-refractivity contribution in [3.63, 3.8) is 0 Å². The van der Waals surface area contributed by atoms with Gasteiger partial charge in [-0.05, 0) is 5.56 Å². The van der Waals surface area contributed by atoms with Gasteiger partial charge in [0.15, 0.2) is 5.60 Å². The molecule has 11 heteroatoms. The summed E-state index contributed by atoms with van der Waals surface area (Å²) in [5.41, 5.74) is -3.96. The molecule has 1 amide bonds. The highest BCUT2D eigenvalue weighted by atomic mass is 19.4. The van der Waals surface area contributed by atoms with E-state index in [1.165, 1.54) is 18.2 Å². The van der Waals surface area contributed by atoms with Gasteiger partial charge in [0, 0.05) is 25.4 Å². The van der Waals surface area contributed by atoms with E-state index in [2.05, 4.69) is 15.3 Å². The van der Waals surface area contributed by atoms with Crippen molar-refractivity contribution in [1.29, 1.82) is 0 Å². The van der Waals surface area contributed by atoms with Gasteiger partial charge in [0.25, 0.3) is 5.91 Å². The molecule has 27 heavy (non-hydrogen) atoms. The molecular weight excluding hydrogens is 380 g/mol. The fraction of sp³-hybridized carbons (Fsp3) is 0.312. The number of hydrogen-bond acceptors (Lipinski definition) is 4. The second-order valence-electron chi connectivity index (χ2n) is 5.52. The molecule has 1 aromatic heterocycles. The van der Waals surface area contributed by atoms with E-state index in [1.807, 2.05) is 0 Å². The zero-order valence-electron chi connectivity index (χ0n) is 13.5. The van der Waals surface area contributed by atoms with Gasteiger partial charge in [-0.1, -0.05) is 30.3 Å². The third-order valence-electron chi connectivity index (χ3n) is 3.66. The summed E-state index contributed by atoms with van der Waals surface area (Å²) in [7, 11) is 0. The van der Waals surface area contributed by atoms with Crippen molar-refractivity contribution in [2.24, 2.45) is 0 Å². The molecular formula is C16H13F6N3O2. The van der Waals surface area contributed by atoms with Gasteiger partial charge in [0.1, 0.15) is 0 Å². The number of alkyl halides is 6. The van der Waals surface area contributed by atoms with Crippen molar-refractivity contribution in [2.75, 3.05) is 6.54 Å². The number of aliphatic hydroxyl groups is 1. The van der Waals surface area contributed by atoms with E-state index < -0.39 is 48.2 Å². The Morgan fingerprint density at radius 3 is 2.04 bits per heavy atom. The molecule has 0 unspecified atom stereocenters. The predicted molar refractivity (Wildman–Crippen MR) is 80.4 cm³/mol. The molecule has 146 valence electrons. The maximum atomic E-state index is 13.3. The Labute approximate surface area is 149 Å². The van der Waals surface area contributed by atoms with Crippen LogP contribution in [0.2, 0.25) is 0 Å². The minimum atomic E-state index is -5.00. The zero-order valence-corrected chi connectivity index (χ0v) is 13.5. The van der Waals surface area contributed by atoms with Gasteiger partial charge in [0.05, 0.1) is 5.56 Å². The molecule has 2 aromatic rings. The molecule has 2 N–H and O–H groups in total. The quantitative estimate of drug-likeness (QED) is 0.766. The van der Waals surface area contributed by atoms with Crippen LogP contribution in [-0.4, -0.2) is 33.7 Å². The van der Waals surface area contributed by atoms with Gasteiger partial charge in [-0.25, -0.2) is 9.97 Å². The fourth-order valence-corrected chi connectivity index (χ4v) is 2.21. The van der Waals surface area contributed by atoms with Crippen LogP contribution in [0, 0.1) is 0 Å². The van der Waals surface area contributed by atoms with Crippen molar-refractivity contribution in [3.8, 4) is 0 Å². The molecule has 1 atom stereocenters. The fourth-order valence-electron chi connectivity index (χ4n) is 2.21. The first-order chi connectivity index (χ1) is 12.4. The number of carbonyl (C=O) groups excluding carboxylic acids is 1. The lowest BCUT2D eigenvalue weighted by molar-refractivity contribution is -0.268. The number of rotatable bonds is 5. The van der Waals surface area contributed by atoms with Gasteiger partial charge < -0.3 is 10.4 Å². The number of nitrogens with zero attached hydrogens (tertiary/aromatic N) is 2. The smallest absolute Gasteiger partial charge is 0.376 e. The Balaban J connectivity index is 2.06. The van der Waals surface area contributed by atoms with Crippen LogP contribution in [0.4, 0.5) is 26.3 Å². The molecule has 0 bridgehead atoms. The molecule has 0 fully saturated rings. The summed E-state index contributed by atoms with van der Waals surface area (Å²) in [5.74, 6) is -2.42. The molecule has 1 heterocycles. The highest BCUT2D eigenvalue weighted by Gasteiger charge is 2.54. The van der Waals surface area contributed by atoms with Crippen molar-refractivity contribution in [1.82, 2.24) is 15.3 Å². The van der Waals surface area contributed by atoms with Gasteiger partial charge in [-0.3, -0.25) is 4.79 Å². The molecule has 5 nitrogen and oxygen atoms in total. The summed E-state index contributed by atoms with van der Waals surface area (Å²) >= 11 is 0. The van der Waals surface area contributed by atoms with E-state index in [1.54, 1.807) is 0 Å². The Morgan fingerprint density at radius 2 is 1.56 bits per heavy atom. The van der Waals surface area contributed by atoms with Crippen LogP contribution in [0.15, 0.2) is 42.7 Å². The Morgan fingerprint density at radius 1 is 1.00 bits per heavy atom. The van der Waals surface area contributed by atoms with Crippen molar-refractivity contribution >= 4 is 5.91 Å². The molecule has 2 rings (SSSR count). The summed E-state index contributed by atoms with van der Waals surface area (Å²) in [6.45, 7) is -0.593. The van der Waals surface area contributed by atoms with Gasteiger partial charge in [0.2, 0.25) is 5.82 Å². The summed E-state index contributed by atoms with van der Waals surface area (Å²) < 4.78 is 77.0. The Bertz CT molecular complexity index is 777. The highest BCUT2D eigenvalue weighted by Crippen LogP contribution is 2.41. The number of carbonyl (C=O) groups is 1. The van der Waals surface area contributed by atoms with E-state index in [4.69, 9.17) is 0 Å². The van der Waals surface area contributed by atoms with Crippen LogP contribution >= 0.6 is 0 Å². The molecule has 0 spiro atoms. The number of halogens is 6. The average Bonchev–Trinajstić information content (AvgIpc) is 2.60. The van der Waals surface area contributed by atoms with Crippen molar-refractivity contribution < 1.29 is 36.2 Å². The normalized spacial score (nSPS) is 14.5. The molecule has 0 saturated heterocycles. The molecule has 0 aliphatic rings. The maximum absolute atomic E-state index is 13.3. The monoisotopic (exact) mass is 393 g/mol. The number of benzene rings is 1. The number of aromatic nitrogens is 2. The number of nitrogens with one attached hydrogen (secondary N) is 1. The zero-order chi connectivity index (χ0) is 20.3. The van der Waals surface area contributed by atoms with E-state index in [9.17, 15) is 36.2 Å². The van der Waals surface area contributed by atoms with Crippen LogP contribution in [-0.2, 0) is 11.8 Å². The minimum absolute atomic E-state index is 0.363. The molecule has 1 aromatic carbocycles. The van der Waals surface area contributed by atoms with Gasteiger partial charge >= 0.3 is 12.4 Å². The first-order valence-electron chi connectivity index (χ1n) is 7.47.